The third kappa shape index (κ3) is 3.64. The van der Waals surface area contributed by atoms with Crippen LogP contribution in [0.2, 0.25) is 10.0 Å². The Bertz CT molecular complexity index is 1650. The zero-order valence-electron chi connectivity index (χ0n) is 17.4. The van der Waals surface area contributed by atoms with Gasteiger partial charge >= 0.3 is 0 Å². The number of hydrogen-bond acceptors (Lipinski definition) is 7. The summed E-state index contributed by atoms with van der Waals surface area (Å²) in [5.41, 5.74) is 0.329. The van der Waals surface area contributed by atoms with Gasteiger partial charge in [-0.3, -0.25) is 24.6 Å². The molecule has 1 aromatic heterocycles. The van der Waals surface area contributed by atoms with E-state index in [1.54, 1.807) is 12.1 Å². The standard InChI is InChI=1S/C22H12Cl2N4O6S/c23-16-9-18-19(10-17(16)24)27(35(33,34)13-7-5-12(6-8-13)28(31)32)20(25-18)11-26-21(29)14-3-1-2-4-15(14)22(26)30/h1-10H,11H2. The molecule has 176 valence electrons. The first-order valence-electron chi connectivity index (χ1n) is 9.91. The highest BCUT2D eigenvalue weighted by Gasteiger charge is 2.37. The summed E-state index contributed by atoms with van der Waals surface area (Å²) in [7, 11) is -4.39. The Morgan fingerprint density at radius 1 is 0.914 bits per heavy atom. The number of carbonyl (C=O) groups excluding carboxylic acids is 2. The number of nitrogens with zero attached hydrogens (tertiary/aromatic N) is 4. The van der Waals surface area contributed by atoms with Gasteiger partial charge in [-0.1, -0.05) is 35.3 Å². The number of benzene rings is 3. The maximum Gasteiger partial charge on any atom is 0.269 e. The molecule has 0 bridgehead atoms. The molecule has 5 rings (SSSR count). The highest BCUT2D eigenvalue weighted by atomic mass is 35.5. The minimum atomic E-state index is -4.39. The van der Waals surface area contributed by atoms with Gasteiger partial charge < -0.3 is 0 Å². The van der Waals surface area contributed by atoms with Gasteiger partial charge in [-0.05, 0) is 36.4 Å². The molecular weight excluding hydrogens is 519 g/mol. The molecule has 10 nitrogen and oxygen atoms in total. The number of halogens is 2. The fourth-order valence-electron chi connectivity index (χ4n) is 3.84. The van der Waals surface area contributed by atoms with Gasteiger partial charge in [0.05, 0.1) is 48.6 Å². The maximum atomic E-state index is 13.7. The summed E-state index contributed by atoms with van der Waals surface area (Å²) in [6.07, 6.45) is 0. The van der Waals surface area contributed by atoms with E-state index >= 15 is 0 Å². The highest BCUT2D eigenvalue weighted by molar-refractivity contribution is 7.90. The van der Waals surface area contributed by atoms with E-state index in [0.29, 0.717) is 0 Å². The highest BCUT2D eigenvalue weighted by Crippen LogP contribution is 2.32. The minimum Gasteiger partial charge on any atom is -0.269 e. The van der Waals surface area contributed by atoms with Gasteiger partial charge in [-0.15, -0.1) is 0 Å². The summed E-state index contributed by atoms with van der Waals surface area (Å²) in [4.78, 5) is 41.1. The van der Waals surface area contributed by atoms with Crippen molar-refractivity contribution in [3.05, 3.63) is 97.8 Å². The van der Waals surface area contributed by atoms with E-state index in [0.717, 1.165) is 33.1 Å². The molecule has 2 heterocycles. The number of nitro benzene ring substituents is 1. The van der Waals surface area contributed by atoms with Crippen LogP contribution in [-0.4, -0.2) is 39.0 Å². The third-order valence-electron chi connectivity index (χ3n) is 5.48. The number of hydrogen-bond donors (Lipinski definition) is 0. The minimum absolute atomic E-state index is 0.0596. The number of rotatable bonds is 5. The van der Waals surface area contributed by atoms with Gasteiger partial charge in [0, 0.05) is 12.1 Å². The smallest absolute Gasteiger partial charge is 0.269 e. The lowest BCUT2D eigenvalue weighted by Gasteiger charge is -2.16. The molecule has 13 heteroatoms. The van der Waals surface area contributed by atoms with Crippen molar-refractivity contribution in [3.8, 4) is 0 Å². The van der Waals surface area contributed by atoms with Crippen molar-refractivity contribution in [3.63, 3.8) is 0 Å². The second-order valence-electron chi connectivity index (χ2n) is 7.55. The molecule has 1 aliphatic rings. The van der Waals surface area contributed by atoms with Gasteiger partial charge in [-0.2, -0.15) is 0 Å². The zero-order chi connectivity index (χ0) is 25.1. The summed E-state index contributed by atoms with van der Waals surface area (Å²) < 4.78 is 28.2. The van der Waals surface area contributed by atoms with Crippen molar-refractivity contribution in [1.29, 1.82) is 0 Å². The first-order chi connectivity index (χ1) is 16.6. The molecule has 0 atom stereocenters. The van der Waals surface area contributed by atoms with Gasteiger partial charge in [0.15, 0.2) is 0 Å². The molecule has 0 N–H and O–H groups in total. The first-order valence-corrected chi connectivity index (χ1v) is 12.1. The lowest BCUT2D eigenvalue weighted by atomic mass is 10.1. The van der Waals surface area contributed by atoms with Crippen LogP contribution in [0, 0.1) is 10.1 Å². The van der Waals surface area contributed by atoms with Crippen molar-refractivity contribution >= 4 is 61.8 Å². The largest absolute Gasteiger partial charge is 0.269 e. The van der Waals surface area contributed by atoms with E-state index < -0.39 is 33.3 Å². The van der Waals surface area contributed by atoms with Crippen molar-refractivity contribution in [2.24, 2.45) is 0 Å². The Morgan fingerprint density at radius 3 is 2.06 bits per heavy atom. The molecule has 3 aromatic carbocycles. The number of carbonyl (C=O) groups is 2. The van der Waals surface area contributed by atoms with E-state index in [2.05, 4.69) is 4.98 Å². The molecule has 0 radical (unpaired) electrons. The molecule has 0 fully saturated rings. The molecule has 35 heavy (non-hydrogen) atoms. The average molecular weight is 531 g/mol. The fourth-order valence-corrected chi connectivity index (χ4v) is 5.63. The predicted octanol–water partition coefficient (Wildman–Crippen LogP) is 4.28. The van der Waals surface area contributed by atoms with Crippen LogP contribution in [-0.2, 0) is 16.6 Å². The quantitative estimate of drug-likeness (QED) is 0.213. The second kappa shape index (κ2) is 8.15. The van der Waals surface area contributed by atoms with Crippen molar-refractivity contribution < 1.29 is 22.9 Å². The SMILES string of the molecule is O=C1c2ccccc2C(=O)N1Cc1nc2cc(Cl)c(Cl)cc2n1S(=O)(=O)c1ccc([N+](=O)[O-])cc1. The number of nitro groups is 1. The fraction of sp³-hybridized carbons (Fsp3) is 0.0455. The monoisotopic (exact) mass is 530 g/mol. The van der Waals surface area contributed by atoms with Gasteiger partial charge in [0.25, 0.3) is 27.5 Å². The molecule has 0 unspecified atom stereocenters. The van der Waals surface area contributed by atoms with Crippen molar-refractivity contribution in [2.75, 3.05) is 0 Å². The van der Waals surface area contributed by atoms with Crippen LogP contribution in [0.25, 0.3) is 11.0 Å². The van der Waals surface area contributed by atoms with Crippen LogP contribution < -0.4 is 0 Å². The maximum absolute atomic E-state index is 13.7. The van der Waals surface area contributed by atoms with Crippen LogP contribution in [0.5, 0.6) is 0 Å². The van der Waals surface area contributed by atoms with E-state index in [4.69, 9.17) is 23.2 Å². The normalized spacial score (nSPS) is 13.5. The van der Waals surface area contributed by atoms with Gasteiger partial charge in [0.2, 0.25) is 0 Å². The van der Waals surface area contributed by atoms with Crippen LogP contribution in [0.15, 0.2) is 65.6 Å². The second-order valence-corrected chi connectivity index (χ2v) is 10.1. The van der Waals surface area contributed by atoms with Crippen LogP contribution in [0.1, 0.15) is 26.5 Å². The molecule has 2 amide bonds. The summed E-state index contributed by atoms with van der Waals surface area (Å²) in [6.45, 7) is -0.456. The lowest BCUT2D eigenvalue weighted by molar-refractivity contribution is -0.384. The molecule has 0 saturated heterocycles. The van der Waals surface area contributed by atoms with Gasteiger partial charge in [-0.25, -0.2) is 17.4 Å². The predicted molar refractivity (Wildman–Crippen MR) is 126 cm³/mol. The molecule has 0 saturated carbocycles. The average Bonchev–Trinajstić information content (AvgIpc) is 3.30. The van der Waals surface area contributed by atoms with E-state index in [1.165, 1.54) is 24.3 Å². The summed E-state index contributed by atoms with van der Waals surface area (Å²) >= 11 is 12.2. The molecule has 0 aliphatic carbocycles. The number of non-ortho nitro benzene ring substituents is 1. The lowest BCUT2D eigenvalue weighted by Crippen LogP contribution is -2.31. The number of amides is 2. The van der Waals surface area contributed by atoms with Gasteiger partial charge in [0.1, 0.15) is 5.82 Å². The van der Waals surface area contributed by atoms with Crippen LogP contribution in [0.4, 0.5) is 5.69 Å². The Labute approximate surface area is 207 Å². The molecule has 1 aliphatic heterocycles. The van der Waals surface area contributed by atoms with Crippen molar-refractivity contribution in [2.45, 2.75) is 11.4 Å². The van der Waals surface area contributed by atoms with Crippen LogP contribution >= 0.6 is 23.2 Å². The zero-order valence-corrected chi connectivity index (χ0v) is 19.7. The number of imide groups is 1. The Hall–Kier alpha value is -3.80. The number of fused-ring (bicyclic) bond motifs is 2. The Balaban J connectivity index is 1.67. The molecule has 4 aromatic rings. The topological polar surface area (TPSA) is 132 Å². The Kier molecular flexibility index (Phi) is 5.35. The van der Waals surface area contributed by atoms with Crippen molar-refractivity contribution in [1.82, 2.24) is 13.9 Å². The van der Waals surface area contributed by atoms with E-state index in [-0.39, 0.29) is 48.6 Å². The number of imidazole rings is 1. The third-order valence-corrected chi connectivity index (χ3v) is 7.96. The number of aromatic nitrogens is 2. The Morgan fingerprint density at radius 2 is 1.49 bits per heavy atom. The molecular formula is C22H12Cl2N4O6S. The summed E-state index contributed by atoms with van der Waals surface area (Å²) in [5.74, 6) is -1.33. The van der Waals surface area contributed by atoms with E-state index in [9.17, 15) is 28.1 Å². The molecule has 0 spiro atoms. The van der Waals surface area contributed by atoms with E-state index in [1.807, 2.05) is 0 Å². The summed E-state index contributed by atoms with van der Waals surface area (Å²) in [6, 6.07) is 13.2. The first kappa shape index (κ1) is 23.0. The summed E-state index contributed by atoms with van der Waals surface area (Å²) in [5, 5.41) is 11.2. The van der Waals surface area contributed by atoms with Crippen LogP contribution in [0.3, 0.4) is 0 Å².